The normalized spacial score (nSPS) is 14.5. The maximum Gasteiger partial charge on any atom is 0.258 e. The van der Waals surface area contributed by atoms with Gasteiger partial charge in [-0.25, -0.2) is 9.97 Å². The van der Waals surface area contributed by atoms with Crippen molar-refractivity contribution in [1.29, 1.82) is 5.26 Å². The molecule has 2 aromatic carbocycles. The number of anilines is 5. The van der Waals surface area contributed by atoms with Crippen LogP contribution >= 0.6 is 22.7 Å². The molecule has 16 nitrogen and oxygen atoms in total. The van der Waals surface area contributed by atoms with Gasteiger partial charge >= 0.3 is 0 Å². The number of morpholine rings is 2. The monoisotopic (exact) mass is 878 g/mol. The summed E-state index contributed by atoms with van der Waals surface area (Å²) < 4.78 is 11.2. The van der Waals surface area contributed by atoms with Gasteiger partial charge in [-0.2, -0.15) is 5.26 Å². The van der Waals surface area contributed by atoms with Gasteiger partial charge in [-0.05, 0) is 59.7 Å². The van der Waals surface area contributed by atoms with E-state index in [-0.39, 0.29) is 5.91 Å². The van der Waals surface area contributed by atoms with Crippen LogP contribution in [-0.2, 0) is 22.6 Å². The molecule has 0 bridgehead atoms. The van der Waals surface area contributed by atoms with Gasteiger partial charge in [0.1, 0.15) is 27.3 Å². The lowest BCUT2D eigenvalue weighted by atomic mass is 10.1. The fourth-order valence-corrected chi connectivity index (χ4v) is 9.43. The summed E-state index contributed by atoms with van der Waals surface area (Å²) in [6.07, 6.45) is 1.74. The lowest BCUT2D eigenvalue weighted by molar-refractivity contribution is 0.0336. The van der Waals surface area contributed by atoms with E-state index in [0.717, 1.165) is 50.9 Å². The Bertz CT molecular complexity index is 2750. The molecule has 0 radical (unpaired) electrons. The number of benzene rings is 2. The summed E-state index contributed by atoms with van der Waals surface area (Å²) in [7, 11) is 0. The van der Waals surface area contributed by atoms with Gasteiger partial charge in [0.15, 0.2) is 0 Å². The van der Waals surface area contributed by atoms with Crippen LogP contribution in [-0.4, -0.2) is 99.6 Å². The van der Waals surface area contributed by atoms with Crippen molar-refractivity contribution in [1.82, 2.24) is 35.2 Å². The SMILES string of the molecule is N#Cc1ccc(-c2cc(C(N)=O)c(Nc3ccc(NC(=O)c4cc(-c5ccc(-c6c[nH]nn6)cc5)sc4Nc4cccc(CN5CCOCC5)n4)c(CN4CCOCC4)n3)s2)cc1. The number of pyridine rings is 2. The molecule has 0 unspecified atom stereocenters. The van der Waals surface area contributed by atoms with Crippen LogP contribution in [0.2, 0.25) is 0 Å². The van der Waals surface area contributed by atoms with E-state index in [0.29, 0.717) is 102 Å². The van der Waals surface area contributed by atoms with E-state index in [1.165, 1.54) is 22.7 Å². The summed E-state index contributed by atoms with van der Waals surface area (Å²) in [6.45, 7) is 6.79. The number of nitrogens with two attached hydrogens (primary N) is 1. The Labute approximate surface area is 370 Å². The van der Waals surface area contributed by atoms with Gasteiger partial charge in [-0.15, -0.1) is 27.8 Å². The number of rotatable bonds is 14. The van der Waals surface area contributed by atoms with Gasteiger partial charge < -0.3 is 31.2 Å². The Balaban J connectivity index is 1.02. The highest BCUT2D eigenvalue weighted by Crippen LogP contribution is 2.40. The number of nitrogens with one attached hydrogen (secondary N) is 4. The molecular formula is C45H42N12O4S2. The third-order valence-electron chi connectivity index (χ3n) is 10.6. The van der Waals surface area contributed by atoms with Crippen molar-refractivity contribution in [2.24, 2.45) is 5.73 Å². The Morgan fingerprint density at radius 1 is 0.746 bits per heavy atom. The topological polar surface area (TPSA) is 212 Å². The second-order valence-electron chi connectivity index (χ2n) is 14.9. The fraction of sp³-hybridized carbons (Fsp3) is 0.222. The lowest BCUT2D eigenvalue weighted by Crippen LogP contribution is -2.36. The summed E-state index contributed by atoms with van der Waals surface area (Å²) in [5.74, 6) is 0.191. The van der Waals surface area contributed by atoms with Gasteiger partial charge in [0.05, 0.1) is 66.3 Å². The Morgan fingerprint density at radius 3 is 1.98 bits per heavy atom. The summed E-state index contributed by atoms with van der Waals surface area (Å²) in [5.41, 5.74) is 12.6. The molecule has 18 heteroatoms. The highest BCUT2D eigenvalue weighted by molar-refractivity contribution is 7.20. The van der Waals surface area contributed by atoms with Crippen molar-refractivity contribution >= 4 is 61.8 Å². The van der Waals surface area contributed by atoms with E-state index < -0.39 is 5.91 Å². The number of primary amides is 1. The van der Waals surface area contributed by atoms with E-state index in [1.54, 1.807) is 30.5 Å². The molecule has 0 atom stereocenters. The van der Waals surface area contributed by atoms with Crippen molar-refractivity contribution < 1.29 is 19.1 Å². The second kappa shape index (κ2) is 19.0. The Kier molecular flexibility index (Phi) is 12.5. The molecule has 9 rings (SSSR count). The summed E-state index contributed by atoms with van der Waals surface area (Å²) in [5, 5.41) is 31.1. The van der Waals surface area contributed by atoms with Crippen molar-refractivity contribution in [3.8, 4) is 38.2 Å². The third kappa shape index (κ3) is 9.95. The van der Waals surface area contributed by atoms with Crippen LogP contribution < -0.4 is 21.7 Å². The molecule has 7 heterocycles. The van der Waals surface area contributed by atoms with Crippen LogP contribution in [0.15, 0.2) is 97.2 Å². The average molecular weight is 879 g/mol. The number of hydrogen-bond acceptors (Lipinski definition) is 15. The zero-order valence-corrected chi connectivity index (χ0v) is 35.6. The van der Waals surface area contributed by atoms with Crippen LogP contribution in [0.4, 0.5) is 27.3 Å². The summed E-state index contributed by atoms with van der Waals surface area (Å²) in [6, 6.07) is 30.3. The molecule has 2 fully saturated rings. The van der Waals surface area contributed by atoms with Gasteiger partial charge in [0.25, 0.3) is 11.8 Å². The smallest absolute Gasteiger partial charge is 0.258 e. The number of carbonyl (C=O) groups excluding carboxylic acids is 2. The molecule has 0 saturated carbocycles. The van der Waals surface area contributed by atoms with Crippen molar-refractivity contribution in [3.05, 3.63) is 125 Å². The standard InChI is InChI=1S/C45H42N12O4S2/c46-24-28-4-6-30(7-5-28)38-22-33(42(47)58)44(62-38)53-41-13-12-35(37(50-41)27-57-16-20-61-21-17-57)51-43(59)34-23-39(31-10-8-29(9-11-31)36-25-48-55-54-36)63-45(34)52-40-3-1-2-32(49-40)26-56-14-18-60-19-15-56/h1-13,22-23,25H,14-21,26-27H2,(H2,47,58)(H,49,52)(H,50,53)(H,51,59)(H,48,54,55). The highest BCUT2D eigenvalue weighted by atomic mass is 32.1. The van der Waals surface area contributed by atoms with E-state index in [9.17, 15) is 14.9 Å². The predicted octanol–water partition coefficient (Wildman–Crippen LogP) is 7.09. The number of hydrogen-bond donors (Lipinski definition) is 5. The highest BCUT2D eigenvalue weighted by Gasteiger charge is 2.23. The summed E-state index contributed by atoms with van der Waals surface area (Å²) >= 11 is 2.82. The van der Waals surface area contributed by atoms with Crippen LogP contribution in [0.1, 0.15) is 37.7 Å². The largest absolute Gasteiger partial charge is 0.379 e. The molecule has 2 aliphatic rings. The number of ether oxygens (including phenoxy) is 2. The van der Waals surface area contributed by atoms with E-state index in [2.05, 4.69) is 47.2 Å². The van der Waals surface area contributed by atoms with Gasteiger partial charge in [0.2, 0.25) is 0 Å². The Hall–Kier alpha value is -6.85. The first kappa shape index (κ1) is 41.5. The minimum absolute atomic E-state index is 0.315. The van der Waals surface area contributed by atoms with Crippen molar-refractivity contribution in [3.63, 3.8) is 0 Å². The minimum Gasteiger partial charge on any atom is -0.379 e. The quantitative estimate of drug-likeness (QED) is 0.0739. The maximum atomic E-state index is 14.6. The van der Waals surface area contributed by atoms with Crippen LogP contribution in [0.5, 0.6) is 0 Å². The number of nitriles is 1. The molecule has 7 aromatic rings. The van der Waals surface area contributed by atoms with E-state index in [1.807, 2.05) is 66.7 Å². The number of amides is 2. The zero-order chi connectivity index (χ0) is 43.1. The number of thiophene rings is 2. The van der Waals surface area contributed by atoms with Crippen LogP contribution in [0, 0.1) is 11.3 Å². The summed E-state index contributed by atoms with van der Waals surface area (Å²) in [4.78, 5) is 43.4. The van der Waals surface area contributed by atoms with Gasteiger partial charge in [-0.3, -0.25) is 24.5 Å². The van der Waals surface area contributed by atoms with Crippen molar-refractivity contribution in [2.45, 2.75) is 13.1 Å². The fourth-order valence-electron chi connectivity index (χ4n) is 7.29. The average Bonchev–Trinajstić information content (AvgIpc) is 4.10. The molecule has 2 saturated heterocycles. The van der Waals surface area contributed by atoms with Gasteiger partial charge in [-0.1, -0.05) is 47.7 Å². The molecule has 5 aromatic heterocycles. The molecule has 6 N–H and O–H groups in total. The minimum atomic E-state index is -0.587. The zero-order valence-electron chi connectivity index (χ0n) is 34.0. The first-order chi connectivity index (χ1) is 30.8. The number of nitrogens with zero attached hydrogens (tertiary/aromatic N) is 7. The molecule has 318 valence electrons. The number of carbonyl (C=O) groups is 2. The Morgan fingerprint density at radius 2 is 1.35 bits per heavy atom. The lowest BCUT2D eigenvalue weighted by Gasteiger charge is -2.27. The predicted molar refractivity (Wildman–Crippen MR) is 243 cm³/mol. The van der Waals surface area contributed by atoms with E-state index >= 15 is 0 Å². The maximum absolute atomic E-state index is 14.6. The van der Waals surface area contributed by atoms with Crippen LogP contribution in [0.25, 0.3) is 32.1 Å². The number of H-pyrrole nitrogens is 1. The second-order valence-corrected chi connectivity index (χ2v) is 17.0. The number of aromatic nitrogens is 5. The van der Waals surface area contributed by atoms with Crippen molar-refractivity contribution in [2.75, 3.05) is 68.6 Å². The van der Waals surface area contributed by atoms with Crippen LogP contribution in [0.3, 0.4) is 0 Å². The molecule has 2 amide bonds. The van der Waals surface area contributed by atoms with Gasteiger partial charge in [0, 0.05) is 60.8 Å². The van der Waals surface area contributed by atoms with E-state index in [4.69, 9.17) is 25.2 Å². The first-order valence-electron chi connectivity index (χ1n) is 20.3. The molecular weight excluding hydrogens is 837 g/mol. The number of aromatic amines is 1. The third-order valence-corrected chi connectivity index (χ3v) is 12.8. The molecule has 63 heavy (non-hydrogen) atoms. The molecule has 2 aliphatic heterocycles. The first-order valence-corrected chi connectivity index (χ1v) is 22.0. The molecule has 0 aliphatic carbocycles. The molecule has 0 spiro atoms.